The van der Waals surface area contributed by atoms with Gasteiger partial charge in [-0.05, 0) is 13.0 Å². The van der Waals surface area contributed by atoms with E-state index in [1.54, 1.807) is 6.92 Å². The molecule has 0 aliphatic rings. The number of fused-ring (bicyclic) bond motifs is 1. The molecule has 1 aromatic heterocycles. The molecule has 92 valence electrons. The lowest BCUT2D eigenvalue weighted by Gasteiger charge is -2.04. The van der Waals surface area contributed by atoms with E-state index in [1.165, 1.54) is 24.2 Å². The molecule has 0 spiro atoms. The standard InChI is InChI=1S/C13H12N2O2S/c1-9(6-12(16)17)7-18-13-10-4-2-3-5-11(10)14-8-15-13/h2-6,8H,7H2,1H3,(H,16,17). The van der Waals surface area contributed by atoms with E-state index < -0.39 is 5.97 Å². The topological polar surface area (TPSA) is 63.1 Å². The maximum Gasteiger partial charge on any atom is 0.328 e. The first-order valence-corrected chi connectivity index (χ1v) is 6.38. The minimum absolute atomic E-state index is 0.604. The third kappa shape index (κ3) is 3.07. The van der Waals surface area contributed by atoms with Crippen molar-refractivity contribution in [2.24, 2.45) is 0 Å². The van der Waals surface area contributed by atoms with Gasteiger partial charge >= 0.3 is 5.97 Å². The molecule has 0 amide bonds. The normalized spacial score (nSPS) is 11.7. The summed E-state index contributed by atoms with van der Waals surface area (Å²) in [6, 6.07) is 7.77. The molecule has 1 heterocycles. The van der Waals surface area contributed by atoms with Gasteiger partial charge in [0.25, 0.3) is 0 Å². The van der Waals surface area contributed by atoms with E-state index in [2.05, 4.69) is 9.97 Å². The molecule has 1 N–H and O–H groups in total. The van der Waals surface area contributed by atoms with Gasteiger partial charge in [-0.1, -0.05) is 23.8 Å². The minimum Gasteiger partial charge on any atom is -0.478 e. The highest BCUT2D eigenvalue weighted by Crippen LogP contribution is 2.25. The van der Waals surface area contributed by atoms with Crippen molar-refractivity contribution in [2.45, 2.75) is 11.9 Å². The van der Waals surface area contributed by atoms with E-state index in [9.17, 15) is 4.79 Å². The Morgan fingerprint density at radius 1 is 1.39 bits per heavy atom. The van der Waals surface area contributed by atoms with Crippen LogP contribution in [-0.4, -0.2) is 26.8 Å². The molecule has 0 aliphatic heterocycles. The molecule has 0 saturated carbocycles. The van der Waals surface area contributed by atoms with Crippen molar-refractivity contribution in [2.75, 3.05) is 5.75 Å². The maximum atomic E-state index is 10.5. The van der Waals surface area contributed by atoms with Crippen LogP contribution < -0.4 is 0 Å². The number of aliphatic carboxylic acids is 1. The molecule has 4 nitrogen and oxygen atoms in total. The summed E-state index contributed by atoms with van der Waals surface area (Å²) in [5.41, 5.74) is 1.70. The predicted octanol–water partition coefficient (Wildman–Crippen LogP) is 2.75. The summed E-state index contributed by atoms with van der Waals surface area (Å²) < 4.78 is 0. The Hall–Kier alpha value is -1.88. The fourth-order valence-electron chi connectivity index (χ4n) is 1.53. The Kier molecular flexibility index (Phi) is 3.94. The van der Waals surface area contributed by atoms with Gasteiger partial charge in [0.05, 0.1) is 5.52 Å². The van der Waals surface area contributed by atoms with Crippen LogP contribution in [-0.2, 0) is 4.79 Å². The average molecular weight is 260 g/mol. The molecule has 0 saturated heterocycles. The van der Waals surface area contributed by atoms with Crippen molar-refractivity contribution in [3.8, 4) is 0 Å². The van der Waals surface area contributed by atoms with Crippen LogP contribution >= 0.6 is 11.8 Å². The summed E-state index contributed by atoms with van der Waals surface area (Å²) >= 11 is 1.52. The first-order valence-electron chi connectivity index (χ1n) is 5.39. The van der Waals surface area contributed by atoms with E-state index in [4.69, 9.17) is 5.11 Å². The molecule has 0 aliphatic carbocycles. The summed E-state index contributed by atoms with van der Waals surface area (Å²) in [5.74, 6) is -0.312. The molecule has 2 rings (SSSR count). The molecule has 18 heavy (non-hydrogen) atoms. The van der Waals surface area contributed by atoms with Crippen LogP contribution in [0.2, 0.25) is 0 Å². The smallest absolute Gasteiger partial charge is 0.328 e. The number of benzene rings is 1. The first-order chi connectivity index (χ1) is 8.66. The van der Waals surface area contributed by atoms with E-state index in [0.717, 1.165) is 21.5 Å². The predicted molar refractivity (Wildman–Crippen MR) is 71.7 cm³/mol. The average Bonchev–Trinajstić information content (AvgIpc) is 2.35. The number of aromatic nitrogens is 2. The Labute approximate surface area is 109 Å². The van der Waals surface area contributed by atoms with Crippen molar-refractivity contribution in [1.82, 2.24) is 9.97 Å². The van der Waals surface area contributed by atoms with Gasteiger partial charge < -0.3 is 5.11 Å². The van der Waals surface area contributed by atoms with Gasteiger partial charge in [0, 0.05) is 17.2 Å². The molecular weight excluding hydrogens is 248 g/mol. The molecule has 5 heteroatoms. The summed E-state index contributed by atoms with van der Waals surface area (Å²) in [5, 5.41) is 10.5. The number of hydrogen-bond donors (Lipinski definition) is 1. The maximum absolute atomic E-state index is 10.5. The Bertz CT molecular complexity index is 605. The second-order valence-electron chi connectivity index (χ2n) is 3.81. The van der Waals surface area contributed by atoms with Crippen LogP contribution in [0.3, 0.4) is 0 Å². The zero-order valence-electron chi connectivity index (χ0n) is 9.83. The highest BCUT2D eigenvalue weighted by molar-refractivity contribution is 7.99. The number of carbonyl (C=O) groups is 1. The van der Waals surface area contributed by atoms with E-state index in [1.807, 2.05) is 24.3 Å². The lowest BCUT2D eigenvalue weighted by molar-refractivity contribution is -0.131. The van der Waals surface area contributed by atoms with E-state index >= 15 is 0 Å². The van der Waals surface area contributed by atoms with Gasteiger partial charge in [0.15, 0.2) is 0 Å². The second kappa shape index (κ2) is 5.64. The van der Waals surface area contributed by atoms with Gasteiger partial charge in [-0.25, -0.2) is 14.8 Å². The Morgan fingerprint density at radius 3 is 2.94 bits per heavy atom. The SMILES string of the molecule is CC(=CC(=O)O)CSc1ncnc2ccccc12. The molecule has 0 radical (unpaired) electrons. The number of hydrogen-bond acceptors (Lipinski definition) is 4. The van der Waals surface area contributed by atoms with Crippen LogP contribution in [0, 0.1) is 0 Å². The van der Waals surface area contributed by atoms with Crippen LogP contribution in [0.5, 0.6) is 0 Å². The number of carboxylic acid groups (broad SMARTS) is 1. The van der Waals surface area contributed by atoms with Crippen LogP contribution in [0.25, 0.3) is 10.9 Å². The number of para-hydroxylation sites is 1. The monoisotopic (exact) mass is 260 g/mol. The lowest BCUT2D eigenvalue weighted by atomic mass is 10.2. The Morgan fingerprint density at radius 2 is 2.17 bits per heavy atom. The number of nitrogens with zero attached hydrogens (tertiary/aromatic N) is 2. The molecule has 0 atom stereocenters. The Balaban J connectivity index is 2.20. The van der Waals surface area contributed by atoms with Crippen molar-refractivity contribution in [1.29, 1.82) is 0 Å². The fraction of sp³-hybridized carbons (Fsp3) is 0.154. The van der Waals surface area contributed by atoms with Crippen LogP contribution in [0.15, 0.2) is 47.3 Å². The largest absolute Gasteiger partial charge is 0.478 e. The number of thioether (sulfide) groups is 1. The summed E-state index contributed by atoms with van der Waals surface area (Å²) in [4.78, 5) is 18.9. The van der Waals surface area contributed by atoms with Crippen molar-refractivity contribution in [3.05, 3.63) is 42.2 Å². The van der Waals surface area contributed by atoms with Crippen molar-refractivity contribution >= 4 is 28.6 Å². The van der Waals surface area contributed by atoms with Crippen LogP contribution in [0.4, 0.5) is 0 Å². The van der Waals surface area contributed by atoms with Gasteiger partial charge in [-0.15, -0.1) is 11.8 Å². The molecule has 2 aromatic rings. The third-order valence-electron chi connectivity index (χ3n) is 2.31. The zero-order valence-corrected chi connectivity index (χ0v) is 10.6. The van der Waals surface area contributed by atoms with Crippen molar-refractivity contribution < 1.29 is 9.90 Å². The van der Waals surface area contributed by atoms with Crippen LogP contribution in [0.1, 0.15) is 6.92 Å². The molecule has 0 fully saturated rings. The molecule has 0 unspecified atom stereocenters. The van der Waals surface area contributed by atoms with E-state index in [0.29, 0.717) is 5.75 Å². The van der Waals surface area contributed by atoms with Gasteiger partial charge in [0.2, 0.25) is 0 Å². The van der Waals surface area contributed by atoms with Gasteiger partial charge in [-0.3, -0.25) is 0 Å². The summed E-state index contributed by atoms with van der Waals surface area (Å²) in [6.07, 6.45) is 2.75. The summed E-state index contributed by atoms with van der Waals surface area (Å²) in [7, 11) is 0. The summed E-state index contributed by atoms with van der Waals surface area (Å²) in [6.45, 7) is 1.80. The molecular formula is C13H12N2O2S. The van der Waals surface area contributed by atoms with E-state index in [-0.39, 0.29) is 0 Å². The third-order valence-corrected chi connectivity index (χ3v) is 3.51. The second-order valence-corrected chi connectivity index (χ2v) is 4.78. The number of rotatable bonds is 4. The fourth-order valence-corrected chi connectivity index (χ4v) is 2.43. The molecule has 0 bridgehead atoms. The van der Waals surface area contributed by atoms with Gasteiger partial charge in [-0.2, -0.15) is 0 Å². The first kappa shape index (κ1) is 12.6. The minimum atomic E-state index is -0.916. The lowest BCUT2D eigenvalue weighted by Crippen LogP contribution is -1.93. The number of carboxylic acids is 1. The molecule has 1 aromatic carbocycles. The zero-order chi connectivity index (χ0) is 13.0. The van der Waals surface area contributed by atoms with Crippen molar-refractivity contribution in [3.63, 3.8) is 0 Å². The van der Waals surface area contributed by atoms with Gasteiger partial charge in [0.1, 0.15) is 11.4 Å². The highest BCUT2D eigenvalue weighted by atomic mass is 32.2. The highest BCUT2D eigenvalue weighted by Gasteiger charge is 2.04. The quantitative estimate of drug-likeness (QED) is 0.520.